The van der Waals surface area contributed by atoms with E-state index in [4.69, 9.17) is 4.74 Å². The van der Waals surface area contributed by atoms with Crippen LogP contribution in [0.5, 0.6) is 5.75 Å². The molecule has 0 N–H and O–H groups in total. The van der Waals surface area contributed by atoms with Gasteiger partial charge in [0.2, 0.25) is 5.91 Å². The average molecular weight is 391 g/mol. The maximum absolute atomic E-state index is 13.7. The minimum Gasteiger partial charge on any atom is -0.497 e. The zero-order valence-corrected chi connectivity index (χ0v) is 17.6. The Morgan fingerprint density at radius 1 is 1.14 bits per heavy atom. The van der Waals surface area contributed by atoms with Gasteiger partial charge < -0.3 is 19.3 Å². The van der Waals surface area contributed by atoms with Crippen LogP contribution >= 0.6 is 0 Å². The number of amides is 1. The molecule has 6 heteroatoms. The van der Waals surface area contributed by atoms with Gasteiger partial charge in [-0.1, -0.05) is 41.4 Å². The number of Topliss-reactive ketones (excluding diaryl/α,β-unsaturated/α-hetero) is 1. The quantitative estimate of drug-likeness (QED) is 0.680. The van der Waals surface area contributed by atoms with Crippen LogP contribution in [0.2, 0.25) is 0 Å². The lowest BCUT2D eigenvalue weighted by atomic mass is 9.52. The van der Waals surface area contributed by atoms with Crippen LogP contribution in [0.15, 0.2) is 48.5 Å². The summed E-state index contributed by atoms with van der Waals surface area (Å²) in [4.78, 5) is 29.7. The Balaban J connectivity index is 2.06. The largest absolute Gasteiger partial charge is 0.497 e. The molecular formula is C23H28BN2O3. The number of ketones is 1. The predicted molar refractivity (Wildman–Crippen MR) is 117 cm³/mol. The second kappa shape index (κ2) is 9.27. The maximum Gasteiger partial charge on any atom is 0.230 e. The highest BCUT2D eigenvalue weighted by Crippen LogP contribution is 2.34. The van der Waals surface area contributed by atoms with E-state index in [1.54, 1.807) is 14.0 Å². The van der Waals surface area contributed by atoms with Crippen LogP contribution in [0.25, 0.3) is 0 Å². The van der Waals surface area contributed by atoms with Gasteiger partial charge >= 0.3 is 0 Å². The van der Waals surface area contributed by atoms with Crippen molar-refractivity contribution in [2.45, 2.75) is 19.2 Å². The van der Waals surface area contributed by atoms with E-state index in [0.29, 0.717) is 6.54 Å². The van der Waals surface area contributed by atoms with E-state index < -0.39 is 5.92 Å². The summed E-state index contributed by atoms with van der Waals surface area (Å²) in [6.07, 6.45) is 0.221. The number of carbonyl (C=O) groups excluding carboxylic acids is 2. The first-order chi connectivity index (χ1) is 13.9. The molecule has 1 amide bonds. The summed E-state index contributed by atoms with van der Waals surface area (Å²) < 4.78 is 5.28. The van der Waals surface area contributed by atoms with Gasteiger partial charge in [-0.3, -0.25) is 4.79 Å². The summed E-state index contributed by atoms with van der Waals surface area (Å²) in [5, 5.41) is 0. The van der Waals surface area contributed by atoms with E-state index in [1.807, 2.05) is 67.5 Å². The van der Waals surface area contributed by atoms with Crippen molar-refractivity contribution < 1.29 is 14.3 Å². The number of rotatable bonds is 7. The van der Waals surface area contributed by atoms with E-state index >= 15 is 0 Å². The normalized spacial score (nSPS) is 18.8. The monoisotopic (exact) mass is 391 g/mol. The Bertz CT molecular complexity index is 867. The third-order valence-corrected chi connectivity index (χ3v) is 5.38. The van der Waals surface area contributed by atoms with Crippen molar-refractivity contribution in [1.82, 2.24) is 4.90 Å². The van der Waals surface area contributed by atoms with E-state index in [-0.39, 0.29) is 23.9 Å². The molecule has 3 rings (SSSR count). The highest BCUT2D eigenvalue weighted by molar-refractivity contribution is 6.58. The van der Waals surface area contributed by atoms with Gasteiger partial charge in [-0.25, -0.2) is 0 Å². The SMILES string of the molecule is COc1ccc(C2[B]c3ccccc3N(CCN(C)C)C(=O)C2CC(C)=O)cc1. The van der Waals surface area contributed by atoms with E-state index in [1.165, 1.54) is 0 Å². The molecule has 1 heterocycles. The molecule has 0 fully saturated rings. The molecule has 0 saturated carbocycles. The molecule has 0 saturated heterocycles. The summed E-state index contributed by atoms with van der Waals surface area (Å²) in [5.74, 6) is 0.181. The van der Waals surface area contributed by atoms with Crippen molar-refractivity contribution in [3.8, 4) is 5.75 Å². The number of methoxy groups -OCH3 is 1. The lowest BCUT2D eigenvalue weighted by Crippen LogP contribution is -2.42. The van der Waals surface area contributed by atoms with Gasteiger partial charge in [0, 0.05) is 31.1 Å². The minimum absolute atomic E-state index is 0.00377. The Morgan fingerprint density at radius 2 is 1.83 bits per heavy atom. The number of benzene rings is 2. The lowest BCUT2D eigenvalue weighted by molar-refractivity contribution is -0.127. The predicted octanol–water partition coefficient (Wildman–Crippen LogP) is 2.27. The van der Waals surface area contributed by atoms with Crippen molar-refractivity contribution >= 4 is 30.1 Å². The summed E-state index contributed by atoms with van der Waals surface area (Å²) >= 11 is 0. The van der Waals surface area contributed by atoms with Gasteiger partial charge in [0.1, 0.15) is 11.5 Å². The van der Waals surface area contributed by atoms with E-state index in [2.05, 4.69) is 12.2 Å². The first kappa shape index (κ1) is 21.1. The Morgan fingerprint density at radius 3 is 2.45 bits per heavy atom. The molecule has 2 unspecified atom stereocenters. The summed E-state index contributed by atoms with van der Waals surface area (Å²) in [7, 11) is 7.76. The topological polar surface area (TPSA) is 49.9 Å². The second-order valence-electron chi connectivity index (χ2n) is 7.83. The fraction of sp³-hybridized carbons (Fsp3) is 0.391. The molecule has 0 aliphatic carbocycles. The van der Waals surface area contributed by atoms with Crippen LogP contribution in [0, 0.1) is 5.92 Å². The zero-order chi connectivity index (χ0) is 21.0. The zero-order valence-electron chi connectivity index (χ0n) is 17.6. The van der Waals surface area contributed by atoms with E-state index in [9.17, 15) is 9.59 Å². The second-order valence-corrected chi connectivity index (χ2v) is 7.83. The van der Waals surface area contributed by atoms with E-state index in [0.717, 1.165) is 29.0 Å². The number of para-hydroxylation sites is 1. The van der Waals surface area contributed by atoms with Crippen LogP contribution < -0.4 is 15.1 Å². The average Bonchev–Trinajstić information content (AvgIpc) is 2.81. The third kappa shape index (κ3) is 4.88. The minimum atomic E-state index is -0.435. The smallest absolute Gasteiger partial charge is 0.230 e. The van der Waals surface area contributed by atoms with Gasteiger partial charge in [-0.15, -0.1) is 0 Å². The number of fused-ring (bicyclic) bond motifs is 1. The number of likely N-dealkylation sites (N-methyl/N-ethyl adjacent to an activating group) is 1. The molecule has 1 radical (unpaired) electrons. The summed E-state index contributed by atoms with van der Waals surface area (Å²) in [6.45, 7) is 2.89. The Kier molecular flexibility index (Phi) is 6.75. The van der Waals surface area contributed by atoms with Crippen LogP contribution in [0.1, 0.15) is 24.7 Å². The summed E-state index contributed by atoms with van der Waals surface area (Å²) in [5.41, 5.74) is 2.94. The number of hydrogen-bond donors (Lipinski definition) is 0. The fourth-order valence-electron chi connectivity index (χ4n) is 3.87. The number of nitrogens with zero attached hydrogens (tertiary/aromatic N) is 2. The molecule has 0 aromatic heterocycles. The number of ether oxygens (including phenoxy) is 1. The maximum atomic E-state index is 13.7. The van der Waals surface area contributed by atoms with Crippen LogP contribution in [-0.2, 0) is 9.59 Å². The first-order valence-electron chi connectivity index (χ1n) is 9.94. The molecular weight excluding hydrogens is 363 g/mol. The molecule has 0 bridgehead atoms. The molecule has 2 atom stereocenters. The van der Waals surface area contributed by atoms with Gasteiger partial charge in [-0.2, -0.15) is 0 Å². The molecule has 2 aromatic carbocycles. The molecule has 151 valence electrons. The first-order valence-corrected chi connectivity index (χ1v) is 9.94. The van der Waals surface area contributed by atoms with Crippen molar-refractivity contribution in [2.75, 3.05) is 39.2 Å². The fourth-order valence-corrected chi connectivity index (χ4v) is 3.87. The molecule has 2 aromatic rings. The highest BCUT2D eigenvalue weighted by Gasteiger charge is 2.38. The Hall–Kier alpha value is -2.60. The third-order valence-electron chi connectivity index (χ3n) is 5.38. The highest BCUT2D eigenvalue weighted by atomic mass is 16.5. The van der Waals surface area contributed by atoms with Crippen LogP contribution in [0.4, 0.5) is 5.69 Å². The Labute approximate surface area is 173 Å². The molecule has 5 nitrogen and oxygen atoms in total. The van der Waals surface area contributed by atoms with Crippen molar-refractivity contribution in [3.05, 3.63) is 54.1 Å². The molecule has 29 heavy (non-hydrogen) atoms. The molecule has 0 spiro atoms. The van der Waals surface area contributed by atoms with Crippen LogP contribution in [-0.4, -0.2) is 58.2 Å². The summed E-state index contributed by atoms with van der Waals surface area (Å²) in [6, 6.07) is 15.7. The van der Waals surface area contributed by atoms with Gasteiger partial charge in [-0.05, 0) is 45.0 Å². The van der Waals surface area contributed by atoms with Crippen molar-refractivity contribution in [2.24, 2.45) is 5.92 Å². The number of carbonyl (C=O) groups is 2. The van der Waals surface area contributed by atoms with Crippen molar-refractivity contribution in [1.29, 1.82) is 0 Å². The van der Waals surface area contributed by atoms with Crippen molar-refractivity contribution in [3.63, 3.8) is 0 Å². The molecule has 1 aliphatic rings. The van der Waals surface area contributed by atoms with Gasteiger partial charge in [0.15, 0.2) is 7.28 Å². The number of anilines is 1. The number of hydrogen-bond acceptors (Lipinski definition) is 4. The van der Waals surface area contributed by atoms with Gasteiger partial charge in [0.05, 0.1) is 7.11 Å². The standard InChI is InChI=1S/C23H28BN2O3/c1-16(27)15-19-22(17-9-11-18(29-4)12-10-17)24-20-7-5-6-8-21(20)26(23(19)28)14-13-25(2)3/h5-12,19,22H,13-15H2,1-4H3. The van der Waals surface area contributed by atoms with Gasteiger partial charge in [0.25, 0.3) is 0 Å². The van der Waals surface area contributed by atoms with Crippen LogP contribution in [0.3, 0.4) is 0 Å². The lowest BCUT2D eigenvalue weighted by Gasteiger charge is -2.29. The molecule has 1 aliphatic heterocycles.